The van der Waals surface area contributed by atoms with Crippen LogP contribution in [-0.4, -0.2) is 38.2 Å². The lowest BCUT2D eigenvalue weighted by Gasteiger charge is -2.32. The number of piperidine rings is 1. The summed E-state index contributed by atoms with van der Waals surface area (Å²) >= 11 is 5.86. The number of fused-ring (bicyclic) bond motifs is 1. The second kappa shape index (κ2) is 7.56. The molecule has 1 saturated heterocycles. The fourth-order valence-corrected chi connectivity index (χ4v) is 4.89. The van der Waals surface area contributed by atoms with Gasteiger partial charge in [-0.15, -0.1) is 4.40 Å². The van der Waals surface area contributed by atoms with Crippen molar-refractivity contribution in [2.24, 2.45) is 10.3 Å². The van der Waals surface area contributed by atoms with Gasteiger partial charge in [-0.3, -0.25) is 4.79 Å². The number of carbonyl (C=O) groups excluding carboxylic acids is 1. The molecule has 2 aliphatic heterocycles. The molecule has 0 amide bonds. The van der Waals surface area contributed by atoms with E-state index in [2.05, 4.69) is 4.40 Å². The zero-order valence-electron chi connectivity index (χ0n) is 15.0. The summed E-state index contributed by atoms with van der Waals surface area (Å²) in [5, 5.41) is 0.630. The quantitative estimate of drug-likeness (QED) is 0.715. The molecule has 0 aromatic heterocycles. The van der Waals surface area contributed by atoms with E-state index in [4.69, 9.17) is 16.3 Å². The lowest BCUT2D eigenvalue weighted by molar-refractivity contribution is -0.151. The van der Waals surface area contributed by atoms with Gasteiger partial charge in [-0.2, -0.15) is 8.42 Å². The van der Waals surface area contributed by atoms with E-state index in [0.717, 1.165) is 12.0 Å². The first-order valence-corrected chi connectivity index (χ1v) is 10.9. The minimum atomic E-state index is -3.67. The molecular formula is C20H19ClN2O4S. The summed E-state index contributed by atoms with van der Waals surface area (Å²) in [7, 11) is -3.67. The summed E-state index contributed by atoms with van der Waals surface area (Å²) in [6.45, 7) is 1.23. The van der Waals surface area contributed by atoms with E-state index in [9.17, 15) is 13.2 Å². The third-order valence-corrected chi connectivity index (χ3v) is 6.54. The van der Waals surface area contributed by atoms with E-state index in [-0.39, 0.29) is 23.4 Å². The zero-order valence-corrected chi connectivity index (χ0v) is 16.6. The van der Waals surface area contributed by atoms with Crippen molar-refractivity contribution in [3.05, 3.63) is 64.7 Å². The largest absolute Gasteiger partial charge is 0.461 e. The molecule has 2 aliphatic rings. The van der Waals surface area contributed by atoms with Gasteiger partial charge in [0.1, 0.15) is 11.5 Å². The summed E-state index contributed by atoms with van der Waals surface area (Å²) in [6, 6.07) is 13.9. The standard InChI is InChI=1S/C20H19ClN2O4S/c21-16-9-7-14(8-10-16)13-27-20(24)15-4-3-11-23(12-15)19-17-5-1-2-6-18(17)28(25,26)22-19/h1-2,5-10,15H,3-4,11-13H2. The Morgan fingerprint density at radius 2 is 1.93 bits per heavy atom. The number of carbonyl (C=O) groups is 1. The lowest BCUT2D eigenvalue weighted by Crippen LogP contribution is -2.42. The number of hydrogen-bond acceptors (Lipinski definition) is 5. The molecule has 0 N–H and O–H groups in total. The molecule has 6 nitrogen and oxygen atoms in total. The maximum atomic E-state index is 12.5. The van der Waals surface area contributed by atoms with Crippen LogP contribution in [0.3, 0.4) is 0 Å². The summed E-state index contributed by atoms with van der Waals surface area (Å²) < 4.78 is 34.0. The van der Waals surface area contributed by atoms with E-state index in [0.29, 0.717) is 35.9 Å². The van der Waals surface area contributed by atoms with Gasteiger partial charge in [-0.1, -0.05) is 35.9 Å². The molecule has 2 heterocycles. The van der Waals surface area contributed by atoms with Gasteiger partial charge in [0.25, 0.3) is 10.0 Å². The molecule has 1 unspecified atom stereocenters. The molecule has 0 bridgehead atoms. The van der Waals surface area contributed by atoms with Crippen LogP contribution in [0.5, 0.6) is 0 Å². The first-order chi connectivity index (χ1) is 13.4. The molecule has 4 rings (SSSR count). The lowest BCUT2D eigenvalue weighted by atomic mass is 9.97. The smallest absolute Gasteiger partial charge is 0.311 e. The van der Waals surface area contributed by atoms with E-state index in [1.807, 2.05) is 17.0 Å². The van der Waals surface area contributed by atoms with Crippen LogP contribution in [0.25, 0.3) is 0 Å². The SMILES string of the molecule is O=C(OCc1ccc(Cl)cc1)C1CCCN(C2=NS(=O)(=O)c3ccccc32)C1. The van der Waals surface area contributed by atoms with Crippen LogP contribution in [0, 0.1) is 5.92 Å². The number of rotatable bonds is 3. The summed E-state index contributed by atoms with van der Waals surface area (Å²) in [4.78, 5) is 14.6. The molecule has 1 fully saturated rings. The molecule has 0 saturated carbocycles. The van der Waals surface area contributed by atoms with Crippen molar-refractivity contribution in [1.82, 2.24) is 4.90 Å². The van der Waals surface area contributed by atoms with Gasteiger partial charge >= 0.3 is 5.97 Å². The predicted molar refractivity (Wildman–Crippen MR) is 106 cm³/mol. The normalized spacial score (nSPS) is 20.4. The third kappa shape index (κ3) is 3.77. The topological polar surface area (TPSA) is 76.0 Å². The van der Waals surface area contributed by atoms with Crippen LogP contribution < -0.4 is 0 Å². The summed E-state index contributed by atoms with van der Waals surface area (Å²) in [6.07, 6.45) is 1.47. The van der Waals surface area contributed by atoms with Crippen molar-refractivity contribution >= 4 is 33.4 Å². The molecule has 0 radical (unpaired) electrons. The van der Waals surface area contributed by atoms with Gasteiger partial charge in [0.05, 0.1) is 5.92 Å². The number of sulfonamides is 1. The van der Waals surface area contributed by atoms with Crippen molar-refractivity contribution in [3.8, 4) is 0 Å². The number of likely N-dealkylation sites (tertiary alicyclic amines) is 1. The van der Waals surface area contributed by atoms with Crippen LogP contribution in [0.1, 0.15) is 24.0 Å². The average molecular weight is 419 g/mol. The Kier molecular flexibility index (Phi) is 5.12. The Hall–Kier alpha value is -2.38. The highest BCUT2D eigenvalue weighted by Crippen LogP contribution is 2.30. The van der Waals surface area contributed by atoms with E-state index >= 15 is 0 Å². The molecule has 2 aromatic rings. The number of benzene rings is 2. The first-order valence-electron chi connectivity index (χ1n) is 9.04. The number of amidine groups is 1. The van der Waals surface area contributed by atoms with Crippen LogP contribution in [0.15, 0.2) is 57.8 Å². The maximum absolute atomic E-state index is 12.5. The Morgan fingerprint density at radius 1 is 1.18 bits per heavy atom. The number of ether oxygens (including phenoxy) is 1. The van der Waals surface area contributed by atoms with Gasteiger partial charge in [0.2, 0.25) is 0 Å². The Balaban J connectivity index is 1.45. The molecule has 146 valence electrons. The van der Waals surface area contributed by atoms with Crippen molar-refractivity contribution in [3.63, 3.8) is 0 Å². The van der Waals surface area contributed by atoms with Gasteiger partial charge in [0.15, 0.2) is 5.84 Å². The molecule has 8 heteroatoms. The first kappa shape index (κ1) is 19.0. The van der Waals surface area contributed by atoms with Crippen molar-refractivity contribution in [2.45, 2.75) is 24.3 Å². The Morgan fingerprint density at radius 3 is 2.71 bits per heavy atom. The van der Waals surface area contributed by atoms with Crippen LogP contribution >= 0.6 is 11.6 Å². The fraction of sp³-hybridized carbons (Fsp3) is 0.300. The monoisotopic (exact) mass is 418 g/mol. The minimum Gasteiger partial charge on any atom is -0.461 e. The predicted octanol–water partition coefficient (Wildman–Crippen LogP) is 3.24. The van der Waals surface area contributed by atoms with E-state index < -0.39 is 10.0 Å². The molecule has 0 spiro atoms. The minimum absolute atomic E-state index is 0.185. The van der Waals surface area contributed by atoms with Gasteiger partial charge < -0.3 is 9.64 Å². The number of nitrogens with zero attached hydrogens (tertiary/aromatic N) is 2. The van der Waals surface area contributed by atoms with Gasteiger partial charge in [0, 0.05) is 23.7 Å². The molecule has 2 aromatic carbocycles. The highest BCUT2D eigenvalue weighted by atomic mass is 35.5. The second-order valence-corrected chi connectivity index (χ2v) is 8.91. The second-order valence-electron chi connectivity index (χ2n) is 6.91. The average Bonchev–Trinajstić information content (AvgIpc) is 2.99. The third-order valence-electron chi connectivity index (χ3n) is 4.96. The van der Waals surface area contributed by atoms with Gasteiger partial charge in [-0.25, -0.2) is 0 Å². The number of halogens is 1. The van der Waals surface area contributed by atoms with E-state index in [1.165, 1.54) is 0 Å². The highest BCUT2D eigenvalue weighted by molar-refractivity contribution is 7.90. The molecular weight excluding hydrogens is 400 g/mol. The molecule has 0 aliphatic carbocycles. The molecule has 28 heavy (non-hydrogen) atoms. The van der Waals surface area contributed by atoms with Crippen molar-refractivity contribution in [2.75, 3.05) is 13.1 Å². The van der Waals surface area contributed by atoms with Gasteiger partial charge in [-0.05, 0) is 42.7 Å². The fourth-order valence-electron chi connectivity index (χ4n) is 3.53. The number of hydrogen-bond donors (Lipinski definition) is 0. The Bertz CT molecular complexity index is 1030. The summed E-state index contributed by atoms with van der Waals surface area (Å²) in [5.74, 6) is -0.181. The molecule has 1 atom stereocenters. The van der Waals surface area contributed by atoms with Crippen LogP contribution in [0.4, 0.5) is 0 Å². The highest BCUT2D eigenvalue weighted by Gasteiger charge is 2.35. The van der Waals surface area contributed by atoms with Crippen molar-refractivity contribution < 1.29 is 17.9 Å². The zero-order chi connectivity index (χ0) is 19.7. The van der Waals surface area contributed by atoms with Crippen LogP contribution in [0.2, 0.25) is 5.02 Å². The Labute approximate surface area is 168 Å². The maximum Gasteiger partial charge on any atom is 0.311 e. The van der Waals surface area contributed by atoms with Crippen LogP contribution in [-0.2, 0) is 26.2 Å². The van der Waals surface area contributed by atoms with E-state index in [1.54, 1.807) is 36.4 Å². The number of esters is 1. The van der Waals surface area contributed by atoms with Crippen molar-refractivity contribution in [1.29, 1.82) is 0 Å². The summed E-state index contributed by atoms with van der Waals surface area (Å²) in [5.41, 5.74) is 1.46.